The summed E-state index contributed by atoms with van der Waals surface area (Å²) >= 11 is 1.56. The van der Waals surface area contributed by atoms with E-state index in [-0.39, 0.29) is 5.91 Å². The van der Waals surface area contributed by atoms with Crippen LogP contribution in [0.15, 0.2) is 66.2 Å². The van der Waals surface area contributed by atoms with E-state index in [1.807, 2.05) is 36.4 Å². The molecule has 0 atom stereocenters. The van der Waals surface area contributed by atoms with Gasteiger partial charge in [0.2, 0.25) is 0 Å². The Morgan fingerprint density at radius 1 is 1.24 bits per heavy atom. The van der Waals surface area contributed by atoms with Crippen LogP contribution in [0, 0.1) is 0 Å². The number of carbonyl (C=O) groups excluding carboxylic acids is 1. The summed E-state index contributed by atoms with van der Waals surface area (Å²) in [5.41, 5.74) is 3.37. The number of hydrogen-bond donors (Lipinski definition) is 0. The molecule has 128 valence electrons. The van der Waals surface area contributed by atoms with Crippen LogP contribution in [-0.4, -0.2) is 10.5 Å². The lowest BCUT2D eigenvalue weighted by Crippen LogP contribution is -2.16. The maximum atomic E-state index is 12.4. The fourth-order valence-electron chi connectivity index (χ4n) is 2.76. The Balaban J connectivity index is 2.02. The Bertz CT molecular complexity index is 964. The van der Waals surface area contributed by atoms with Crippen LogP contribution in [0.2, 0.25) is 0 Å². The monoisotopic (exact) mass is 350 g/mol. The number of amides is 1. The van der Waals surface area contributed by atoms with Crippen molar-refractivity contribution in [1.29, 1.82) is 0 Å². The highest BCUT2D eigenvalue weighted by Gasteiger charge is 2.09. The fourth-order valence-corrected chi connectivity index (χ4v) is 3.86. The number of allylic oxidation sites excluding steroid dienone is 1. The second-order valence-electron chi connectivity index (χ2n) is 6.33. The van der Waals surface area contributed by atoms with E-state index in [0.717, 1.165) is 20.6 Å². The van der Waals surface area contributed by atoms with E-state index >= 15 is 0 Å². The second-order valence-corrected chi connectivity index (χ2v) is 7.34. The van der Waals surface area contributed by atoms with Gasteiger partial charge >= 0.3 is 0 Å². The first-order chi connectivity index (χ1) is 12.1. The van der Waals surface area contributed by atoms with Crippen molar-refractivity contribution in [2.45, 2.75) is 32.7 Å². The molecule has 2 aromatic carbocycles. The average Bonchev–Trinajstić information content (AvgIpc) is 2.92. The fraction of sp³-hybridized carbons (Fsp3) is 0.238. The molecule has 0 bridgehead atoms. The lowest BCUT2D eigenvalue weighted by Gasteiger charge is -2.05. The van der Waals surface area contributed by atoms with Gasteiger partial charge in [-0.05, 0) is 29.2 Å². The summed E-state index contributed by atoms with van der Waals surface area (Å²) < 4.78 is 3.21. The Morgan fingerprint density at radius 3 is 2.68 bits per heavy atom. The van der Waals surface area contributed by atoms with E-state index in [1.54, 1.807) is 11.3 Å². The highest BCUT2D eigenvalue weighted by Crippen LogP contribution is 2.23. The van der Waals surface area contributed by atoms with Crippen LogP contribution in [-0.2, 0) is 17.8 Å². The molecule has 0 radical (unpaired) electrons. The largest absolute Gasteiger partial charge is 0.313 e. The quantitative estimate of drug-likeness (QED) is 0.615. The zero-order valence-electron chi connectivity index (χ0n) is 14.6. The summed E-state index contributed by atoms with van der Waals surface area (Å²) in [5.74, 6) is 0.346. The molecule has 0 aliphatic rings. The van der Waals surface area contributed by atoms with Crippen LogP contribution in [0.3, 0.4) is 0 Å². The highest BCUT2D eigenvalue weighted by molar-refractivity contribution is 7.16. The number of fused-ring (bicyclic) bond motifs is 1. The summed E-state index contributed by atoms with van der Waals surface area (Å²) in [6.07, 6.45) is 2.16. The Morgan fingerprint density at radius 2 is 2.00 bits per heavy atom. The van der Waals surface area contributed by atoms with Crippen LogP contribution < -0.4 is 4.80 Å². The first kappa shape index (κ1) is 17.4. The van der Waals surface area contributed by atoms with Gasteiger partial charge in [0.05, 0.1) is 16.6 Å². The zero-order chi connectivity index (χ0) is 17.8. The molecule has 1 amide bonds. The van der Waals surface area contributed by atoms with Gasteiger partial charge in [-0.15, -0.1) is 6.58 Å². The zero-order valence-corrected chi connectivity index (χ0v) is 15.4. The summed E-state index contributed by atoms with van der Waals surface area (Å²) in [6, 6.07) is 16.2. The minimum absolute atomic E-state index is 0.125. The number of hydrogen-bond acceptors (Lipinski definition) is 2. The average molecular weight is 350 g/mol. The van der Waals surface area contributed by atoms with Gasteiger partial charge in [0.1, 0.15) is 0 Å². The minimum atomic E-state index is -0.125. The van der Waals surface area contributed by atoms with E-state index in [0.29, 0.717) is 18.9 Å². The van der Waals surface area contributed by atoms with Crippen molar-refractivity contribution in [3.8, 4) is 0 Å². The molecule has 0 fully saturated rings. The molecule has 1 heterocycles. The number of rotatable bonds is 5. The summed E-state index contributed by atoms with van der Waals surface area (Å²) in [4.78, 5) is 17.5. The van der Waals surface area contributed by atoms with Crippen LogP contribution in [0.1, 0.15) is 30.9 Å². The molecule has 0 spiro atoms. The molecule has 3 rings (SSSR count). The van der Waals surface area contributed by atoms with E-state index in [2.05, 4.69) is 48.2 Å². The van der Waals surface area contributed by atoms with Gasteiger partial charge in [-0.2, -0.15) is 4.99 Å². The summed E-state index contributed by atoms with van der Waals surface area (Å²) in [7, 11) is 0. The number of thiazole rings is 1. The van der Waals surface area contributed by atoms with Crippen LogP contribution in [0.5, 0.6) is 0 Å². The molecule has 0 unspecified atom stereocenters. The number of aromatic nitrogens is 1. The predicted molar refractivity (Wildman–Crippen MR) is 105 cm³/mol. The molecule has 3 aromatic rings. The molecule has 0 aliphatic heterocycles. The summed E-state index contributed by atoms with van der Waals surface area (Å²) in [6.45, 7) is 8.83. The van der Waals surface area contributed by atoms with Crippen molar-refractivity contribution in [2.24, 2.45) is 4.99 Å². The van der Waals surface area contributed by atoms with Crippen LogP contribution >= 0.6 is 11.3 Å². The van der Waals surface area contributed by atoms with Gasteiger partial charge in [0.15, 0.2) is 4.80 Å². The Hall–Kier alpha value is -2.46. The number of nitrogens with zero attached hydrogens (tertiary/aromatic N) is 2. The lowest BCUT2D eigenvalue weighted by molar-refractivity contribution is -0.117. The van der Waals surface area contributed by atoms with Crippen molar-refractivity contribution in [2.75, 3.05) is 0 Å². The lowest BCUT2D eigenvalue weighted by atomic mass is 10.0. The normalized spacial score (nSPS) is 12.0. The molecule has 4 heteroatoms. The van der Waals surface area contributed by atoms with Crippen molar-refractivity contribution >= 4 is 27.5 Å². The predicted octanol–water partition coefficient (Wildman–Crippen LogP) is 4.68. The van der Waals surface area contributed by atoms with Gasteiger partial charge in [0, 0.05) is 6.54 Å². The van der Waals surface area contributed by atoms with E-state index in [4.69, 9.17) is 0 Å². The molecule has 1 aromatic heterocycles. The third kappa shape index (κ3) is 3.97. The minimum Gasteiger partial charge on any atom is -0.313 e. The van der Waals surface area contributed by atoms with Gasteiger partial charge in [0.25, 0.3) is 5.91 Å². The molecule has 25 heavy (non-hydrogen) atoms. The molecule has 3 nitrogen and oxygen atoms in total. The van der Waals surface area contributed by atoms with Crippen molar-refractivity contribution in [1.82, 2.24) is 4.57 Å². The topological polar surface area (TPSA) is 34.4 Å². The van der Waals surface area contributed by atoms with Gasteiger partial charge < -0.3 is 4.57 Å². The van der Waals surface area contributed by atoms with E-state index < -0.39 is 0 Å². The number of carbonyl (C=O) groups is 1. The SMILES string of the molecule is C=CCn1c(=NC(=O)Cc2ccccc2)sc2cc(C(C)C)ccc21. The smallest absolute Gasteiger partial charge is 0.252 e. The molecule has 0 aliphatic carbocycles. The van der Waals surface area contributed by atoms with Crippen molar-refractivity contribution < 1.29 is 4.79 Å². The van der Waals surface area contributed by atoms with Crippen molar-refractivity contribution in [3.63, 3.8) is 0 Å². The van der Waals surface area contributed by atoms with E-state index in [1.165, 1.54) is 5.56 Å². The van der Waals surface area contributed by atoms with Crippen LogP contribution in [0.25, 0.3) is 10.2 Å². The Kier molecular flexibility index (Phi) is 5.29. The van der Waals surface area contributed by atoms with E-state index in [9.17, 15) is 4.79 Å². The first-order valence-electron chi connectivity index (χ1n) is 8.44. The second kappa shape index (κ2) is 7.62. The highest BCUT2D eigenvalue weighted by atomic mass is 32.1. The maximum absolute atomic E-state index is 12.4. The third-order valence-electron chi connectivity index (χ3n) is 4.10. The van der Waals surface area contributed by atoms with Gasteiger partial charge in [-0.1, -0.05) is 67.7 Å². The van der Waals surface area contributed by atoms with Crippen molar-refractivity contribution in [3.05, 3.63) is 77.1 Å². The number of benzene rings is 2. The maximum Gasteiger partial charge on any atom is 0.252 e. The molecular formula is C21H22N2OS. The van der Waals surface area contributed by atoms with Crippen LogP contribution in [0.4, 0.5) is 0 Å². The molecule has 0 saturated carbocycles. The first-order valence-corrected chi connectivity index (χ1v) is 9.26. The van der Waals surface area contributed by atoms with Gasteiger partial charge in [-0.25, -0.2) is 0 Å². The standard InChI is InChI=1S/C21H22N2OS/c1-4-12-23-18-11-10-17(15(2)3)14-19(18)25-21(23)22-20(24)13-16-8-6-5-7-9-16/h4-11,14-15H,1,12-13H2,2-3H3. The third-order valence-corrected chi connectivity index (χ3v) is 5.14. The molecule has 0 N–H and O–H groups in total. The Labute approximate surface area is 152 Å². The van der Waals surface area contributed by atoms with Gasteiger partial charge in [-0.3, -0.25) is 4.79 Å². The molecular weight excluding hydrogens is 328 g/mol. The summed E-state index contributed by atoms with van der Waals surface area (Å²) in [5, 5.41) is 0. The molecule has 0 saturated heterocycles.